The highest BCUT2D eigenvalue weighted by molar-refractivity contribution is 7.08. The Balaban J connectivity index is 1.52. The van der Waals surface area contributed by atoms with Gasteiger partial charge in [0.25, 0.3) is 0 Å². The van der Waals surface area contributed by atoms with Crippen molar-refractivity contribution in [3.05, 3.63) is 75.9 Å². The van der Waals surface area contributed by atoms with E-state index in [2.05, 4.69) is 10.3 Å². The molecule has 0 spiro atoms. The zero-order valence-corrected chi connectivity index (χ0v) is 14.8. The van der Waals surface area contributed by atoms with Crippen molar-refractivity contribution in [2.24, 2.45) is 0 Å². The summed E-state index contributed by atoms with van der Waals surface area (Å²) in [6, 6.07) is 11.0. The predicted molar refractivity (Wildman–Crippen MR) is 98.9 cm³/mol. The zero-order chi connectivity index (χ0) is 17.6. The van der Waals surface area contributed by atoms with Crippen molar-refractivity contribution in [1.29, 1.82) is 0 Å². The van der Waals surface area contributed by atoms with Gasteiger partial charge >= 0.3 is 0 Å². The summed E-state index contributed by atoms with van der Waals surface area (Å²) in [6.45, 7) is 2.19. The fraction of sp³-hybridized carbons (Fsp3) is 0.200. The summed E-state index contributed by atoms with van der Waals surface area (Å²) in [7, 11) is 0. The Labute approximate surface area is 150 Å². The lowest BCUT2D eigenvalue weighted by Gasteiger charge is -2.07. The van der Waals surface area contributed by atoms with Crippen molar-refractivity contribution in [1.82, 2.24) is 10.3 Å². The fourth-order valence-corrected chi connectivity index (χ4v) is 3.14. The van der Waals surface area contributed by atoms with E-state index >= 15 is 0 Å². The minimum Gasteiger partial charge on any atom is -0.352 e. The van der Waals surface area contributed by atoms with Gasteiger partial charge in [0.2, 0.25) is 5.91 Å². The third kappa shape index (κ3) is 4.73. The fourth-order valence-electron chi connectivity index (χ4n) is 2.49. The smallest absolute Gasteiger partial charge is 0.220 e. The van der Waals surface area contributed by atoms with Gasteiger partial charge < -0.3 is 5.32 Å². The third-order valence-corrected chi connectivity index (χ3v) is 4.69. The van der Waals surface area contributed by atoms with Crippen molar-refractivity contribution in [3.8, 4) is 11.3 Å². The molecular weight excluding hydrogens is 335 g/mol. The van der Waals surface area contributed by atoms with E-state index in [9.17, 15) is 9.18 Å². The van der Waals surface area contributed by atoms with Crippen LogP contribution in [0.1, 0.15) is 23.1 Å². The van der Waals surface area contributed by atoms with Crippen LogP contribution in [0.2, 0.25) is 0 Å². The molecule has 0 aliphatic carbocycles. The summed E-state index contributed by atoms with van der Waals surface area (Å²) in [6.07, 6.45) is 2.62. The highest BCUT2D eigenvalue weighted by Crippen LogP contribution is 2.20. The number of carbonyl (C=O) groups excluding carboxylic acids is 1. The average molecular weight is 354 g/mol. The monoisotopic (exact) mass is 354 g/mol. The summed E-state index contributed by atoms with van der Waals surface area (Å²) < 4.78 is 13.5. The van der Waals surface area contributed by atoms with Gasteiger partial charge in [0.1, 0.15) is 5.82 Å². The molecular formula is C20H19FN2OS. The van der Waals surface area contributed by atoms with E-state index in [4.69, 9.17) is 0 Å². The third-order valence-electron chi connectivity index (χ3n) is 4.01. The van der Waals surface area contributed by atoms with Gasteiger partial charge in [-0.25, -0.2) is 4.39 Å². The number of nitrogens with zero attached hydrogens (tertiary/aromatic N) is 1. The first-order valence-electron chi connectivity index (χ1n) is 8.11. The Bertz CT molecular complexity index is 862. The molecule has 1 N–H and O–H groups in total. The van der Waals surface area contributed by atoms with E-state index in [0.717, 1.165) is 22.4 Å². The molecule has 5 heteroatoms. The lowest BCUT2D eigenvalue weighted by molar-refractivity contribution is -0.121. The second kappa shape index (κ2) is 8.03. The summed E-state index contributed by atoms with van der Waals surface area (Å²) in [5.41, 5.74) is 4.45. The summed E-state index contributed by atoms with van der Waals surface area (Å²) in [5.74, 6) is -0.273. The number of carbonyl (C=O) groups is 1. The van der Waals surface area contributed by atoms with Crippen LogP contribution in [-0.4, -0.2) is 10.9 Å². The SMILES string of the molecule is Cc1ccc(CCC(=O)NCc2ccnc(-c3ccsc3)c2)cc1F. The van der Waals surface area contributed by atoms with Gasteiger partial charge in [-0.15, -0.1) is 0 Å². The summed E-state index contributed by atoms with van der Waals surface area (Å²) in [4.78, 5) is 16.4. The van der Waals surface area contributed by atoms with Crippen LogP contribution in [0.25, 0.3) is 11.3 Å². The standard InChI is InChI=1S/C20H19FN2OS/c1-14-2-3-15(10-18(14)21)4-5-20(24)23-12-16-6-8-22-19(11-16)17-7-9-25-13-17/h2-3,6-11,13H,4-5,12H2,1H3,(H,23,24). The van der Waals surface area contributed by atoms with Crippen LogP contribution in [-0.2, 0) is 17.8 Å². The second-order valence-electron chi connectivity index (χ2n) is 5.92. The van der Waals surface area contributed by atoms with Crippen LogP contribution in [0.5, 0.6) is 0 Å². The normalized spacial score (nSPS) is 10.6. The molecule has 25 heavy (non-hydrogen) atoms. The summed E-state index contributed by atoms with van der Waals surface area (Å²) in [5, 5.41) is 6.97. The molecule has 3 aromatic rings. The number of hydrogen-bond acceptors (Lipinski definition) is 3. The quantitative estimate of drug-likeness (QED) is 0.708. The van der Waals surface area contributed by atoms with Crippen LogP contribution in [0.3, 0.4) is 0 Å². The van der Waals surface area contributed by atoms with Crippen molar-refractivity contribution >= 4 is 17.2 Å². The molecule has 0 bridgehead atoms. The van der Waals surface area contributed by atoms with E-state index < -0.39 is 0 Å². The number of pyridine rings is 1. The van der Waals surface area contributed by atoms with Gasteiger partial charge in [0.15, 0.2) is 0 Å². The van der Waals surface area contributed by atoms with Crippen molar-refractivity contribution < 1.29 is 9.18 Å². The van der Waals surface area contributed by atoms with Gasteiger partial charge in [0.05, 0.1) is 5.69 Å². The number of halogens is 1. The predicted octanol–water partition coefficient (Wildman–Crippen LogP) is 4.51. The molecule has 0 saturated carbocycles. The van der Waals surface area contributed by atoms with E-state index in [1.807, 2.05) is 35.0 Å². The van der Waals surface area contributed by atoms with Crippen molar-refractivity contribution in [2.45, 2.75) is 26.3 Å². The van der Waals surface area contributed by atoms with Crippen molar-refractivity contribution in [3.63, 3.8) is 0 Å². The van der Waals surface area contributed by atoms with Crippen LogP contribution < -0.4 is 5.32 Å². The lowest BCUT2D eigenvalue weighted by atomic mass is 10.1. The molecule has 0 unspecified atom stereocenters. The van der Waals surface area contributed by atoms with Crippen LogP contribution in [0.4, 0.5) is 4.39 Å². The molecule has 2 heterocycles. The molecule has 0 atom stereocenters. The molecule has 0 radical (unpaired) electrons. The maximum atomic E-state index is 13.5. The molecule has 3 nitrogen and oxygen atoms in total. The van der Waals surface area contributed by atoms with Crippen LogP contribution in [0.15, 0.2) is 53.4 Å². The van der Waals surface area contributed by atoms with Gasteiger partial charge in [-0.3, -0.25) is 9.78 Å². The molecule has 0 aliphatic heterocycles. The Morgan fingerprint density at radius 2 is 2.08 bits per heavy atom. The molecule has 128 valence electrons. The number of thiophene rings is 1. The number of hydrogen-bond donors (Lipinski definition) is 1. The van der Waals surface area contributed by atoms with Crippen LogP contribution in [0, 0.1) is 12.7 Å². The minimum absolute atomic E-state index is 0.0464. The molecule has 0 aliphatic rings. The number of aromatic nitrogens is 1. The largest absolute Gasteiger partial charge is 0.352 e. The molecule has 1 aromatic carbocycles. The van der Waals surface area contributed by atoms with E-state index in [1.54, 1.807) is 30.5 Å². The van der Waals surface area contributed by atoms with Crippen molar-refractivity contribution in [2.75, 3.05) is 0 Å². The number of rotatable bonds is 6. The Morgan fingerprint density at radius 1 is 1.20 bits per heavy atom. The molecule has 2 aromatic heterocycles. The first-order chi connectivity index (χ1) is 12.1. The molecule has 3 rings (SSSR count). The number of nitrogens with one attached hydrogen (secondary N) is 1. The second-order valence-corrected chi connectivity index (χ2v) is 6.70. The Morgan fingerprint density at radius 3 is 2.84 bits per heavy atom. The van der Waals surface area contributed by atoms with E-state index in [-0.39, 0.29) is 11.7 Å². The van der Waals surface area contributed by atoms with E-state index in [1.165, 1.54) is 6.07 Å². The first kappa shape index (κ1) is 17.3. The molecule has 0 saturated heterocycles. The highest BCUT2D eigenvalue weighted by atomic mass is 32.1. The minimum atomic E-state index is -0.226. The van der Waals surface area contributed by atoms with Gasteiger partial charge in [0, 0.05) is 30.1 Å². The van der Waals surface area contributed by atoms with Gasteiger partial charge in [-0.1, -0.05) is 12.1 Å². The van der Waals surface area contributed by atoms with E-state index in [0.29, 0.717) is 24.9 Å². The topological polar surface area (TPSA) is 42.0 Å². The maximum Gasteiger partial charge on any atom is 0.220 e. The lowest BCUT2D eigenvalue weighted by Crippen LogP contribution is -2.23. The molecule has 0 fully saturated rings. The molecule has 1 amide bonds. The van der Waals surface area contributed by atoms with Gasteiger partial charge in [-0.05, 0) is 59.7 Å². The van der Waals surface area contributed by atoms with Gasteiger partial charge in [-0.2, -0.15) is 11.3 Å². The number of amides is 1. The Kier molecular flexibility index (Phi) is 5.56. The van der Waals surface area contributed by atoms with Crippen LogP contribution >= 0.6 is 11.3 Å². The summed E-state index contributed by atoms with van der Waals surface area (Å²) >= 11 is 1.63. The average Bonchev–Trinajstić information content (AvgIpc) is 3.16. The first-order valence-corrected chi connectivity index (χ1v) is 9.05. The zero-order valence-electron chi connectivity index (χ0n) is 14.0. The number of aryl methyl sites for hydroxylation is 2. The maximum absolute atomic E-state index is 13.5. The number of benzene rings is 1. The highest BCUT2D eigenvalue weighted by Gasteiger charge is 2.06. The Hall–Kier alpha value is -2.53.